The van der Waals surface area contributed by atoms with Crippen LogP contribution in [0.5, 0.6) is 0 Å². The number of carbonyl (C=O) groups is 2. The highest BCUT2D eigenvalue weighted by Gasteiger charge is 2.60. The first-order valence-corrected chi connectivity index (χ1v) is 10.0. The van der Waals surface area contributed by atoms with Crippen molar-refractivity contribution in [2.45, 2.75) is 84.7 Å². The van der Waals surface area contributed by atoms with E-state index in [2.05, 4.69) is 13.8 Å². The monoisotopic (exact) mass is 332 g/mol. The molecule has 0 aromatic carbocycles. The van der Waals surface area contributed by atoms with Gasteiger partial charge >= 0.3 is 5.97 Å². The Balaban J connectivity index is 1.59. The Bertz CT molecular complexity index is 555. The highest BCUT2D eigenvalue weighted by molar-refractivity contribution is 5.83. The minimum absolute atomic E-state index is 0.0326. The zero-order valence-electron chi connectivity index (χ0n) is 15.5. The first-order valence-electron chi connectivity index (χ1n) is 10.0. The largest absolute Gasteiger partial charge is 0.463 e. The molecule has 0 N–H and O–H groups in total. The fraction of sp³-hybridized carbons (Fsp3) is 0.905. The molecule has 0 saturated heterocycles. The molecule has 134 valence electrons. The molecule has 0 aromatic heterocycles. The molecule has 3 heteroatoms. The van der Waals surface area contributed by atoms with Crippen LogP contribution in [-0.2, 0) is 14.3 Å². The second kappa shape index (κ2) is 5.57. The normalized spacial score (nSPS) is 50.6. The van der Waals surface area contributed by atoms with E-state index in [0.29, 0.717) is 34.9 Å². The highest BCUT2D eigenvalue weighted by atomic mass is 16.5. The lowest BCUT2D eigenvalue weighted by molar-refractivity contribution is -0.166. The molecule has 0 bridgehead atoms. The van der Waals surface area contributed by atoms with Gasteiger partial charge in [-0.15, -0.1) is 0 Å². The van der Waals surface area contributed by atoms with Gasteiger partial charge in [0.15, 0.2) is 0 Å². The summed E-state index contributed by atoms with van der Waals surface area (Å²) in [5.41, 5.74) is 0.702. The molecule has 0 amide bonds. The third-order valence-corrected chi connectivity index (χ3v) is 8.54. The Morgan fingerprint density at radius 2 is 1.88 bits per heavy atom. The minimum Gasteiger partial charge on any atom is -0.463 e. The Kier molecular flexibility index (Phi) is 3.85. The molecule has 4 saturated carbocycles. The van der Waals surface area contributed by atoms with Crippen LogP contribution in [0.15, 0.2) is 0 Å². The lowest BCUT2D eigenvalue weighted by Crippen LogP contribution is -2.56. The minimum atomic E-state index is -0.178. The van der Waals surface area contributed by atoms with Crippen LogP contribution >= 0.6 is 0 Å². The predicted octanol–water partition coefficient (Wildman–Crippen LogP) is 4.53. The summed E-state index contributed by atoms with van der Waals surface area (Å²) in [5, 5.41) is 0. The Morgan fingerprint density at radius 1 is 1.08 bits per heavy atom. The van der Waals surface area contributed by atoms with Crippen LogP contribution in [0.2, 0.25) is 0 Å². The van der Waals surface area contributed by atoms with Gasteiger partial charge in [-0.3, -0.25) is 9.59 Å². The molecule has 4 rings (SSSR count). The first kappa shape index (κ1) is 16.6. The molecular weight excluding hydrogens is 300 g/mol. The lowest BCUT2D eigenvalue weighted by Gasteiger charge is -2.59. The third-order valence-electron chi connectivity index (χ3n) is 8.54. The van der Waals surface area contributed by atoms with E-state index < -0.39 is 0 Å². The summed E-state index contributed by atoms with van der Waals surface area (Å²) in [6, 6.07) is 0. The van der Waals surface area contributed by atoms with Gasteiger partial charge < -0.3 is 4.74 Å². The Morgan fingerprint density at radius 3 is 2.62 bits per heavy atom. The van der Waals surface area contributed by atoms with E-state index in [1.807, 2.05) is 0 Å². The number of ketones is 1. The molecule has 0 aliphatic heterocycles. The average Bonchev–Trinajstić information content (AvgIpc) is 2.90. The van der Waals surface area contributed by atoms with Crippen molar-refractivity contribution in [2.24, 2.45) is 34.5 Å². The standard InChI is InChI=1S/C21H32O3/c1-13(22)24-15-6-10-21(3)14(11-15)12-18(23)19-16-5-4-8-20(16,2)9-7-17(19)21/h14-17,19H,4-12H2,1-3H3/t14?,15?,16-,17-,19-,20-,21-/m0/s1. The number of rotatable bonds is 1. The van der Waals surface area contributed by atoms with E-state index in [1.165, 1.54) is 39.0 Å². The third kappa shape index (κ3) is 2.37. The van der Waals surface area contributed by atoms with Crippen molar-refractivity contribution in [3.63, 3.8) is 0 Å². The van der Waals surface area contributed by atoms with Gasteiger partial charge in [-0.1, -0.05) is 20.3 Å². The molecule has 0 heterocycles. The van der Waals surface area contributed by atoms with Crippen molar-refractivity contribution in [3.05, 3.63) is 0 Å². The predicted molar refractivity (Wildman–Crippen MR) is 92.3 cm³/mol. The fourth-order valence-corrected chi connectivity index (χ4v) is 7.22. The maximum atomic E-state index is 13.1. The summed E-state index contributed by atoms with van der Waals surface area (Å²) >= 11 is 0. The van der Waals surface area contributed by atoms with Crippen LogP contribution in [0.25, 0.3) is 0 Å². The zero-order chi connectivity index (χ0) is 17.1. The fourth-order valence-electron chi connectivity index (χ4n) is 7.22. The van der Waals surface area contributed by atoms with Gasteiger partial charge in [-0.25, -0.2) is 0 Å². The van der Waals surface area contributed by atoms with Gasteiger partial charge in [0.25, 0.3) is 0 Å². The Hall–Kier alpha value is -0.860. The SMILES string of the molecule is CC(=O)OC1CC[C@@]2(C)C(CC(=O)[C@H]3[C@@H]4CCC[C@@]4(C)CC[C@@H]32)C1. The summed E-state index contributed by atoms with van der Waals surface area (Å²) < 4.78 is 5.49. The molecule has 24 heavy (non-hydrogen) atoms. The van der Waals surface area contributed by atoms with Crippen LogP contribution in [-0.4, -0.2) is 17.9 Å². The molecule has 7 atom stereocenters. The Labute approximate surface area is 145 Å². The molecule has 4 aliphatic rings. The highest BCUT2D eigenvalue weighted by Crippen LogP contribution is 2.65. The van der Waals surface area contributed by atoms with Gasteiger partial charge in [0, 0.05) is 19.3 Å². The van der Waals surface area contributed by atoms with E-state index >= 15 is 0 Å². The molecule has 0 aromatic rings. The van der Waals surface area contributed by atoms with Gasteiger partial charge in [0.2, 0.25) is 0 Å². The molecule has 4 fully saturated rings. The van der Waals surface area contributed by atoms with Crippen LogP contribution in [0.4, 0.5) is 0 Å². The first-order chi connectivity index (χ1) is 11.3. The second-order valence-corrected chi connectivity index (χ2v) is 9.70. The van der Waals surface area contributed by atoms with E-state index in [9.17, 15) is 9.59 Å². The smallest absolute Gasteiger partial charge is 0.302 e. The summed E-state index contributed by atoms with van der Waals surface area (Å²) in [7, 11) is 0. The van der Waals surface area contributed by atoms with Crippen LogP contribution < -0.4 is 0 Å². The van der Waals surface area contributed by atoms with E-state index in [-0.39, 0.29) is 17.5 Å². The van der Waals surface area contributed by atoms with Gasteiger partial charge in [0.1, 0.15) is 11.9 Å². The number of hydrogen-bond acceptors (Lipinski definition) is 3. The number of ether oxygens (including phenoxy) is 1. The molecule has 0 spiro atoms. The van der Waals surface area contributed by atoms with E-state index in [0.717, 1.165) is 25.7 Å². The van der Waals surface area contributed by atoms with Crippen LogP contribution in [0.1, 0.15) is 78.6 Å². The molecule has 3 nitrogen and oxygen atoms in total. The molecule has 0 radical (unpaired) electrons. The maximum absolute atomic E-state index is 13.1. The van der Waals surface area contributed by atoms with Crippen molar-refractivity contribution in [1.82, 2.24) is 0 Å². The lowest BCUT2D eigenvalue weighted by atomic mass is 9.45. The molecule has 2 unspecified atom stereocenters. The van der Waals surface area contributed by atoms with Gasteiger partial charge in [0.05, 0.1) is 0 Å². The maximum Gasteiger partial charge on any atom is 0.302 e. The summed E-state index contributed by atoms with van der Waals surface area (Å²) in [4.78, 5) is 24.4. The van der Waals surface area contributed by atoms with Gasteiger partial charge in [-0.05, 0) is 73.5 Å². The summed E-state index contributed by atoms with van der Waals surface area (Å²) in [6.07, 6.45) is 10.2. The molecular formula is C21H32O3. The van der Waals surface area contributed by atoms with Gasteiger partial charge in [-0.2, -0.15) is 0 Å². The number of carbonyl (C=O) groups excluding carboxylic acids is 2. The zero-order valence-corrected chi connectivity index (χ0v) is 15.5. The van der Waals surface area contributed by atoms with Crippen molar-refractivity contribution in [3.8, 4) is 0 Å². The van der Waals surface area contributed by atoms with Crippen molar-refractivity contribution in [2.75, 3.05) is 0 Å². The number of fused-ring (bicyclic) bond motifs is 5. The van der Waals surface area contributed by atoms with E-state index in [1.54, 1.807) is 0 Å². The van der Waals surface area contributed by atoms with Crippen molar-refractivity contribution >= 4 is 11.8 Å². The number of Topliss-reactive ketones (excluding diaryl/α,β-unsaturated/α-hetero) is 1. The molecule has 4 aliphatic carbocycles. The van der Waals surface area contributed by atoms with E-state index in [4.69, 9.17) is 4.74 Å². The summed E-state index contributed by atoms with van der Waals surface area (Å²) in [6.45, 7) is 6.39. The second-order valence-electron chi connectivity index (χ2n) is 9.70. The topological polar surface area (TPSA) is 43.4 Å². The summed E-state index contributed by atoms with van der Waals surface area (Å²) in [5.74, 6) is 2.28. The number of hydrogen-bond donors (Lipinski definition) is 0. The van der Waals surface area contributed by atoms with Crippen LogP contribution in [0, 0.1) is 34.5 Å². The van der Waals surface area contributed by atoms with Crippen LogP contribution in [0.3, 0.4) is 0 Å². The number of esters is 1. The van der Waals surface area contributed by atoms with Crippen molar-refractivity contribution < 1.29 is 14.3 Å². The van der Waals surface area contributed by atoms with Crippen molar-refractivity contribution in [1.29, 1.82) is 0 Å². The average molecular weight is 332 g/mol. The quantitative estimate of drug-likeness (QED) is 0.663.